The summed E-state index contributed by atoms with van der Waals surface area (Å²) in [5.74, 6) is -1.13. The Hall–Kier alpha value is -2.89. The van der Waals surface area contributed by atoms with E-state index in [4.69, 9.17) is 4.74 Å². The molecule has 0 aliphatic heterocycles. The van der Waals surface area contributed by atoms with Crippen LogP contribution in [0.3, 0.4) is 0 Å². The van der Waals surface area contributed by atoms with Crippen molar-refractivity contribution in [3.63, 3.8) is 0 Å². The van der Waals surface area contributed by atoms with Crippen LogP contribution in [0.15, 0.2) is 42.6 Å². The Labute approximate surface area is 146 Å². The van der Waals surface area contributed by atoms with Crippen LogP contribution >= 0.6 is 0 Å². The van der Waals surface area contributed by atoms with Gasteiger partial charge in [0.1, 0.15) is 5.69 Å². The van der Waals surface area contributed by atoms with Gasteiger partial charge in [0.05, 0.1) is 7.11 Å². The fourth-order valence-electron chi connectivity index (χ4n) is 3.02. The molecule has 25 heavy (non-hydrogen) atoms. The third-order valence-electron chi connectivity index (χ3n) is 4.58. The predicted molar refractivity (Wildman–Crippen MR) is 94.5 cm³/mol. The number of hydrogen-bond acceptors (Lipinski definition) is 4. The molecule has 1 aliphatic carbocycles. The molecule has 1 aromatic heterocycles. The smallest absolute Gasteiger partial charge is 0.313 e. The molecule has 0 radical (unpaired) electrons. The number of ether oxygens (including phenoxy) is 1. The Kier molecular flexibility index (Phi) is 4.70. The average molecular weight is 339 g/mol. The standard InChI is InChI=1S/C19H21N3O3/c1-13-6-3-4-7-14(13)19(9-10-19)12-21-16(23)17(24)22-15-8-5-11-20-18(15)25-2/h3-8,11H,9-10,12H2,1-2H3,(H,21,23)(H,22,24). The van der Waals surface area contributed by atoms with Gasteiger partial charge in [-0.2, -0.15) is 0 Å². The van der Waals surface area contributed by atoms with Gasteiger partial charge >= 0.3 is 11.8 Å². The molecular weight excluding hydrogens is 318 g/mol. The lowest BCUT2D eigenvalue weighted by atomic mass is 9.92. The van der Waals surface area contributed by atoms with E-state index in [1.165, 1.54) is 18.2 Å². The van der Waals surface area contributed by atoms with Gasteiger partial charge in [0.2, 0.25) is 5.88 Å². The van der Waals surface area contributed by atoms with Crippen LogP contribution in [0.2, 0.25) is 0 Å². The summed E-state index contributed by atoms with van der Waals surface area (Å²) >= 11 is 0. The van der Waals surface area contributed by atoms with E-state index in [1.54, 1.807) is 18.3 Å². The van der Waals surface area contributed by atoms with Gasteiger partial charge in [-0.15, -0.1) is 0 Å². The number of anilines is 1. The van der Waals surface area contributed by atoms with E-state index in [0.29, 0.717) is 12.2 Å². The number of nitrogens with one attached hydrogen (secondary N) is 2. The number of amides is 2. The zero-order valence-corrected chi connectivity index (χ0v) is 14.3. The van der Waals surface area contributed by atoms with Gasteiger partial charge in [-0.1, -0.05) is 24.3 Å². The zero-order valence-electron chi connectivity index (χ0n) is 14.3. The summed E-state index contributed by atoms with van der Waals surface area (Å²) in [5, 5.41) is 5.29. The lowest BCUT2D eigenvalue weighted by Gasteiger charge is -2.18. The number of pyridine rings is 1. The molecule has 0 spiro atoms. The monoisotopic (exact) mass is 339 g/mol. The van der Waals surface area contributed by atoms with Gasteiger partial charge in [-0.3, -0.25) is 9.59 Å². The number of carbonyl (C=O) groups is 2. The van der Waals surface area contributed by atoms with Crippen molar-refractivity contribution in [2.75, 3.05) is 19.0 Å². The van der Waals surface area contributed by atoms with Crippen LogP contribution in [-0.4, -0.2) is 30.5 Å². The molecule has 2 amide bonds. The van der Waals surface area contributed by atoms with Crippen LogP contribution in [0, 0.1) is 6.92 Å². The highest BCUT2D eigenvalue weighted by Crippen LogP contribution is 2.48. The molecule has 1 fully saturated rings. The van der Waals surface area contributed by atoms with Crippen molar-refractivity contribution >= 4 is 17.5 Å². The van der Waals surface area contributed by atoms with Crippen LogP contribution in [0.25, 0.3) is 0 Å². The zero-order chi connectivity index (χ0) is 17.9. The van der Waals surface area contributed by atoms with Gasteiger partial charge < -0.3 is 15.4 Å². The molecule has 1 aliphatic rings. The molecule has 1 heterocycles. The van der Waals surface area contributed by atoms with Crippen LogP contribution in [0.1, 0.15) is 24.0 Å². The molecule has 0 saturated heterocycles. The topological polar surface area (TPSA) is 80.3 Å². The number of carbonyl (C=O) groups excluding carboxylic acids is 2. The lowest BCUT2D eigenvalue weighted by molar-refractivity contribution is -0.136. The van der Waals surface area contributed by atoms with Crippen molar-refractivity contribution in [3.05, 3.63) is 53.7 Å². The number of rotatable bonds is 5. The molecular formula is C19H21N3O3. The van der Waals surface area contributed by atoms with Crippen LogP contribution in [0.4, 0.5) is 5.69 Å². The fraction of sp³-hybridized carbons (Fsp3) is 0.316. The van der Waals surface area contributed by atoms with E-state index in [2.05, 4.69) is 34.7 Å². The number of aromatic nitrogens is 1. The normalized spacial score (nSPS) is 14.5. The van der Waals surface area contributed by atoms with Gasteiger partial charge in [-0.05, 0) is 43.0 Å². The molecule has 6 heteroatoms. The number of nitrogens with zero attached hydrogens (tertiary/aromatic N) is 1. The highest BCUT2D eigenvalue weighted by Gasteiger charge is 2.45. The summed E-state index contributed by atoms with van der Waals surface area (Å²) in [4.78, 5) is 28.3. The van der Waals surface area contributed by atoms with Crippen molar-refractivity contribution in [3.8, 4) is 5.88 Å². The van der Waals surface area contributed by atoms with Crippen molar-refractivity contribution in [2.45, 2.75) is 25.2 Å². The first-order chi connectivity index (χ1) is 12.1. The van der Waals surface area contributed by atoms with Crippen molar-refractivity contribution in [2.24, 2.45) is 0 Å². The Morgan fingerprint density at radius 3 is 2.60 bits per heavy atom. The quantitative estimate of drug-likeness (QED) is 0.818. The minimum absolute atomic E-state index is 0.0483. The Balaban J connectivity index is 1.61. The number of methoxy groups -OCH3 is 1. The lowest BCUT2D eigenvalue weighted by Crippen LogP contribution is -2.39. The number of aryl methyl sites for hydroxylation is 1. The van der Waals surface area contributed by atoms with Crippen LogP contribution in [-0.2, 0) is 15.0 Å². The first-order valence-corrected chi connectivity index (χ1v) is 8.20. The summed E-state index contributed by atoms with van der Waals surface area (Å²) in [6, 6.07) is 11.5. The minimum Gasteiger partial charge on any atom is -0.480 e. The fourth-order valence-corrected chi connectivity index (χ4v) is 3.02. The van der Waals surface area contributed by atoms with E-state index < -0.39 is 11.8 Å². The van der Waals surface area contributed by atoms with E-state index in [1.807, 2.05) is 12.1 Å². The van der Waals surface area contributed by atoms with Gasteiger partial charge in [0.15, 0.2) is 0 Å². The van der Waals surface area contributed by atoms with Crippen molar-refractivity contribution in [1.82, 2.24) is 10.3 Å². The second kappa shape index (κ2) is 6.93. The largest absolute Gasteiger partial charge is 0.480 e. The maximum absolute atomic E-state index is 12.2. The van der Waals surface area contributed by atoms with E-state index in [9.17, 15) is 9.59 Å². The molecule has 130 valence electrons. The van der Waals surface area contributed by atoms with Gasteiger partial charge in [0, 0.05) is 18.2 Å². The third kappa shape index (κ3) is 3.63. The van der Waals surface area contributed by atoms with Gasteiger partial charge in [-0.25, -0.2) is 4.98 Å². The van der Waals surface area contributed by atoms with E-state index in [0.717, 1.165) is 12.8 Å². The molecule has 0 bridgehead atoms. The molecule has 3 rings (SSSR count). The maximum Gasteiger partial charge on any atom is 0.313 e. The number of benzene rings is 1. The Morgan fingerprint density at radius 1 is 1.16 bits per heavy atom. The predicted octanol–water partition coefficient (Wildman–Crippen LogP) is 2.19. The molecule has 2 N–H and O–H groups in total. The average Bonchev–Trinajstić information content (AvgIpc) is 3.41. The minimum atomic E-state index is -0.730. The first-order valence-electron chi connectivity index (χ1n) is 8.20. The first kappa shape index (κ1) is 17.0. The van der Waals surface area contributed by atoms with E-state index >= 15 is 0 Å². The molecule has 1 aromatic carbocycles. The van der Waals surface area contributed by atoms with Gasteiger partial charge in [0.25, 0.3) is 0 Å². The second-order valence-electron chi connectivity index (χ2n) is 6.29. The summed E-state index contributed by atoms with van der Waals surface area (Å²) in [6.07, 6.45) is 3.57. The maximum atomic E-state index is 12.2. The second-order valence-corrected chi connectivity index (χ2v) is 6.29. The highest BCUT2D eigenvalue weighted by molar-refractivity contribution is 6.39. The van der Waals surface area contributed by atoms with E-state index in [-0.39, 0.29) is 11.3 Å². The van der Waals surface area contributed by atoms with Crippen LogP contribution < -0.4 is 15.4 Å². The SMILES string of the molecule is COc1ncccc1NC(=O)C(=O)NCC1(c2ccccc2C)CC1. The molecule has 0 unspecified atom stereocenters. The molecule has 1 saturated carbocycles. The summed E-state index contributed by atoms with van der Waals surface area (Å²) < 4.78 is 5.06. The third-order valence-corrected chi connectivity index (χ3v) is 4.58. The summed E-state index contributed by atoms with van der Waals surface area (Å²) in [7, 11) is 1.46. The Bertz CT molecular complexity index is 800. The van der Waals surface area contributed by atoms with Crippen molar-refractivity contribution < 1.29 is 14.3 Å². The molecule has 2 aromatic rings. The molecule has 0 atom stereocenters. The molecule has 6 nitrogen and oxygen atoms in total. The summed E-state index contributed by atoms with van der Waals surface area (Å²) in [5.41, 5.74) is 2.77. The number of hydrogen-bond donors (Lipinski definition) is 2. The Morgan fingerprint density at radius 2 is 1.92 bits per heavy atom. The van der Waals surface area contributed by atoms with Crippen LogP contribution in [0.5, 0.6) is 5.88 Å². The highest BCUT2D eigenvalue weighted by atomic mass is 16.5. The summed E-state index contributed by atoms with van der Waals surface area (Å²) in [6.45, 7) is 2.52. The van der Waals surface area contributed by atoms with Crippen molar-refractivity contribution in [1.29, 1.82) is 0 Å².